The highest BCUT2D eigenvalue weighted by molar-refractivity contribution is 5.79. The zero-order valence-corrected chi connectivity index (χ0v) is 6.76. The summed E-state index contributed by atoms with van der Waals surface area (Å²) in [4.78, 5) is 10.9. The second kappa shape index (κ2) is 3.32. The van der Waals surface area contributed by atoms with Crippen LogP contribution in [0.3, 0.4) is 0 Å². The molecule has 0 saturated carbocycles. The van der Waals surface area contributed by atoms with Crippen LogP contribution in [0.15, 0.2) is 10.6 Å². The minimum absolute atomic E-state index is 0.182. The Balaban J connectivity index is 2.57. The van der Waals surface area contributed by atoms with Crippen molar-refractivity contribution in [1.29, 1.82) is 0 Å². The molecule has 1 aromatic rings. The molecule has 3 heteroatoms. The first-order valence-corrected chi connectivity index (χ1v) is 3.66. The van der Waals surface area contributed by atoms with Gasteiger partial charge in [0.1, 0.15) is 11.5 Å². The topological polar surface area (TPSA) is 43.1 Å². The third-order valence-electron chi connectivity index (χ3n) is 1.44. The van der Waals surface area contributed by atoms with Crippen molar-refractivity contribution in [2.75, 3.05) is 0 Å². The molecule has 3 nitrogen and oxygen atoms in total. The molecule has 0 aliphatic rings. The van der Waals surface area contributed by atoms with Crippen LogP contribution >= 0.6 is 0 Å². The Bertz CT molecular complexity index is 252. The predicted molar refractivity (Wildman–Crippen MR) is 40.2 cm³/mol. The lowest BCUT2D eigenvalue weighted by Crippen LogP contribution is -1.98. The Kier molecular flexibility index (Phi) is 2.41. The minimum atomic E-state index is 0.182. The molecule has 0 aromatic carbocycles. The number of carbonyl (C=O) groups is 1. The van der Waals surface area contributed by atoms with E-state index >= 15 is 0 Å². The number of rotatable bonds is 3. The highest BCUT2D eigenvalue weighted by atomic mass is 16.5. The largest absolute Gasteiger partial charge is 0.361 e. The average Bonchev–Trinajstić information content (AvgIpc) is 2.35. The number of aryl methyl sites for hydroxylation is 1. The highest BCUT2D eigenvalue weighted by Crippen LogP contribution is 2.03. The first-order chi connectivity index (χ1) is 5.22. The van der Waals surface area contributed by atoms with Gasteiger partial charge in [-0.25, -0.2) is 0 Å². The third-order valence-corrected chi connectivity index (χ3v) is 1.44. The summed E-state index contributed by atoms with van der Waals surface area (Å²) in [5.41, 5.74) is 0.823. The molecule has 0 atom stereocenters. The van der Waals surface area contributed by atoms with Crippen LogP contribution in [0.4, 0.5) is 0 Å². The van der Waals surface area contributed by atoms with Crippen molar-refractivity contribution in [3.8, 4) is 0 Å². The second-order valence-electron chi connectivity index (χ2n) is 2.50. The van der Waals surface area contributed by atoms with E-state index in [4.69, 9.17) is 4.52 Å². The van der Waals surface area contributed by atoms with Crippen molar-refractivity contribution in [1.82, 2.24) is 5.16 Å². The summed E-state index contributed by atoms with van der Waals surface area (Å²) >= 11 is 0. The molecular formula is C8H11NO2. The van der Waals surface area contributed by atoms with E-state index in [1.165, 1.54) is 0 Å². The molecule has 0 saturated heterocycles. The standard InChI is InChI=1S/C8H11NO2/c1-3-7(10)5-8-4-6(2)9-11-8/h4H,3,5H2,1-2H3. The van der Waals surface area contributed by atoms with Gasteiger partial charge in [0.05, 0.1) is 12.1 Å². The van der Waals surface area contributed by atoms with Gasteiger partial charge < -0.3 is 4.52 Å². The Morgan fingerprint density at radius 1 is 1.73 bits per heavy atom. The van der Waals surface area contributed by atoms with Crippen LogP contribution in [-0.4, -0.2) is 10.9 Å². The van der Waals surface area contributed by atoms with Gasteiger partial charge in [0, 0.05) is 12.5 Å². The molecule has 0 unspecified atom stereocenters. The number of aromatic nitrogens is 1. The molecular weight excluding hydrogens is 142 g/mol. The van der Waals surface area contributed by atoms with Crippen LogP contribution in [0.5, 0.6) is 0 Å². The molecule has 0 fully saturated rings. The Labute approximate surface area is 65.4 Å². The Morgan fingerprint density at radius 2 is 2.45 bits per heavy atom. The van der Waals surface area contributed by atoms with Crippen LogP contribution in [0.2, 0.25) is 0 Å². The quantitative estimate of drug-likeness (QED) is 0.661. The van der Waals surface area contributed by atoms with Gasteiger partial charge in [-0.1, -0.05) is 12.1 Å². The summed E-state index contributed by atoms with van der Waals surface area (Å²) in [6.45, 7) is 3.68. The van der Waals surface area contributed by atoms with Gasteiger partial charge in [-0.3, -0.25) is 4.79 Å². The van der Waals surface area contributed by atoms with Crippen molar-refractivity contribution in [3.63, 3.8) is 0 Å². The highest BCUT2D eigenvalue weighted by Gasteiger charge is 2.04. The van der Waals surface area contributed by atoms with Crippen molar-refractivity contribution >= 4 is 5.78 Å². The van der Waals surface area contributed by atoms with Gasteiger partial charge in [-0.05, 0) is 6.92 Å². The van der Waals surface area contributed by atoms with Gasteiger partial charge in [0.15, 0.2) is 0 Å². The SMILES string of the molecule is CCC(=O)Cc1cc(C)no1. The van der Waals surface area contributed by atoms with E-state index in [0.717, 1.165) is 5.69 Å². The number of carbonyl (C=O) groups excluding carboxylic acids is 1. The van der Waals surface area contributed by atoms with E-state index in [0.29, 0.717) is 18.6 Å². The molecule has 0 aliphatic carbocycles. The number of Topliss-reactive ketones (excluding diaryl/α,β-unsaturated/α-hetero) is 1. The van der Waals surface area contributed by atoms with E-state index in [1.807, 2.05) is 13.8 Å². The zero-order chi connectivity index (χ0) is 8.27. The molecule has 0 amide bonds. The fraction of sp³-hybridized carbons (Fsp3) is 0.500. The Hall–Kier alpha value is -1.12. The lowest BCUT2D eigenvalue weighted by atomic mass is 10.2. The monoisotopic (exact) mass is 153 g/mol. The summed E-state index contributed by atoms with van der Waals surface area (Å²) in [5, 5.41) is 3.68. The molecule has 60 valence electrons. The van der Waals surface area contributed by atoms with Gasteiger partial charge in [-0.15, -0.1) is 0 Å². The summed E-state index contributed by atoms with van der Waals surface area (Å²) in [7, 11) is 0. The van der Waals surface area contributed by atoms with Crippen molar-refractivity contribution in [2.24, 2.45) is 0 Å². The normalized spacial score (nSPS) is 10.0. The first-order valence-electron chi connectivity index (χ1n) is 3.66. The fourth-order valence-electron chi connectivity index (χ4n) is 0.819. The molecule has 1 rings (SSSR count). The zero-order valence-electron chi connectivity index (χ0n) is 6.76. The van der Waals surface area contributed by atoms with Gasteiger partial charge in [0.25, 0.3) is 0 Å². The van der Waals surface area contributed by atoms with Crippen molar-refractivity contribution in [3.05, 3.63) is 17.5 Å². The average molecular weight is 153 g/mol. The molecule has 1 heterocycles. The van der Waals surface area contributed by atoms with Crippen LogP contribution in [-0.2, 0) is 11.2 Å². The molecule has 1 aromatic heterocycles. The number of hydrogen-bond donors (Lipinski definition) is 0. The summed E-state index contributed by atoms with van der Waals surface area (Å²) < 4.78 is 4.87. The maximum atomic E-state index is 10.9. The maximum Gasteiger partial charge on any atom is 0.144 e. The van der Waals surface area contributed by atoms with E-state index < -0.39 is 0 Å². The van der Waals surface area contributed by atoms with Crippen LogP contribution in [0.1, 0.15) is 24.8 Å². The summed E-state index contributed by atoms with van der Waals surface area (Å²) in [6.07, 6.45) is 0.928. The number of nitrogens with zero attached hydrogens (tertiary/aromatic N) is 1. The summed E-state index contributed by atoms with van der Waals surface area (Å²) in [6, 6.07) is 1.79. The Morgan fingerprint density at radius 3 is 2.91 bits per heavy atom. The lowest BCUT2D eigenvalue weighted by Gasteiger charge is -1.89. The fourth-order valence-corrected chi connectivity index (χ4v) is 0.819. The summed E-state index contributed by atoms with van der Waals surface area (Å²) in [5.74, 6) is 0.843. The van der Waals surface area contributed by atoms with Gasteiger partial charge in [-0.2, -0.15) is 0 Å². The van der Waals surface area contributed by atoms with E-state index in [2.05, 4.69) is 5.16 Å². The lowest BCUT2D eigenvalue weighted by molar-refractivity contribution is -0.118. The van der Waals surface area contributed by atoms with Crippen molar-refractivity contribution < 1.29 is 9.32 Å². The second-order valence-corrected chi connectivity index (χ2v) is 2.50. The molecule has 0 bridgehead atoms. The third kappa shape index (κ3) is 2.18. The van der Waals surface area contributed by atoms with Gasteiger partial charge >= 0.3 is 0 Å². The molecule has 0 spiro atoms. The van der Waals surface area contributed by atoms with Crippen LogP contribution in [0.25, 0.3) is 0 Å². The number of ketones is 1. The molecule has 0 N–H and O–H groups in total. The minimum Gasteiger partial charge on any atom is -0.361 e. The molecule has 0 radical (unpaired) electrons. The van der Waals surface area contributed by atoms with E-state index in [1.54, 1.807) is 6.07 Å². The maximum absolute atomic E-state index is 10.9. The van der Waals surface area contributed by atoms with E-state index in [9.17, 15) is 4.79 Å². The van der Waals surface area contributed by atoms with Gasteiger partial charge in [0.2, 0.25) is 0 Å². The first kappa shape index (κ1) is 7.98. The molecule has 11 heavy (non-hydrogen) atoms. The van der Waals surface area contributed by atoms with Crippen LogP contribution in [0, 0.1) is 6.92 Å². The predicted octanol–water partition coefficient (Wildman–Crippen LogP) is 1.50. The molecule has 0 aliphatic heterocycles. The smallest absolute Gasteiger partial charge is 0.144 e. The number of hydrogen-bond acceptors (Lipinski definition) is 3. The van der Waals surface area contributed by atoms with Crippen molar-refractivity contribution in [2.45, 2.75) is 26.7 Å². The van der Waals surface area contributed by atoms with E-state index in [-0.39, 0.29) is 5.78 Å². The van der Waals surface area contributed by atoms with Crippen LogP contribution < -0.4 is 0 Å².